The number of hydrogen-bond acceptors (Lipinski definition) is 3. The van der Waals surface area contributed by atoms with Gasteiger partial charge in [0.05, 0.1) is 5.69 Å². The van der Waals surface area contributed by atoms with E-state index in [4.69, 9.17) is 0 Å². The van der Waals surface area contributed by atoms with Gasteiger partial charge in [0, 0.05) is 22.1 Å². The number of rotatable bonds is 5. The van der Waals surface area contributed by atoms with E-state index in [1.54, 1.807) is 36.0 Å². The predicted octanol–water partition coefficient (Wildman–Crippen LogP) is 4.01. The van der Waals surface area contributed by atoms with Crippen LogP contribution in [0.1, 0.15) is 23.2 Å². The maximum absolute atomic E-state index is 12.3. The quantitative estimate of drug-likeness (QED) is 0.816. The smallest absolute Gasteiger partial charge is 0.255 e. The molecule has 1 aliphatic rings. The number of anilines is 2. The Morgan fingerprint density at radius 1 is 1.00 bits per heavy atom. The van der Waals surface area contributed by atoms with Crippen molar-refractivity contribution < 1.29 is 9.59 Å². The molecule has 0 aliphatic heterocycles. The summed E-state index contributed by atoms with van der Waals surface area (Å²) in [6.07, 6.45) is 3.92. The highest BCUT2D eigenvalue weighted by molar-refractivity contribution is 7.98. The molecule has 5 heteroatoms. The molecule has 0 radical (unpaired) electrons. The Bertz CT molecular complexity index is 724. The van der Waals surface area contributed by atoms with Crippen LogP contribution in [0.4, 0.5) is 11.4 Å². The van der Waals surface area contributed by atoms with E-state index in [-0.39, 0.29) is 17.7 Å². The molecule has 4 nitrogen and oxygen atoms in total. The maximum Gasteiger partial charge on any atom is 0.255 e. The summed E-state index contributed by atoms with van der Waals surface area (Å²) in [4.78, 5) is 25.1. The third-order valence-electron chi connectivity index (χ3n) is 3.72. The van der Waals surface area contributed by atoms with E-state index in [0.717, 1.165) is 29.1 Å². The first-order chi connectivity index (χ1) is 11.2. The van der Waals surface area contributed by atoms with Gasteiger partial charge in [-0.2, -0.15) is 0 Å². The molecule has 0 aromatic heterocycles. The fourth-order valence-corrected chi connectivity index (χ4v) is 2.79. The lowest BCUT2D eigenvalue weighted by Gasteiger charge is -2.10. The highest BCUT2D eigenvalue weighted by Crippen LogP contribution is 2.30. The van der Waals surface area contributed by atoms with Crippen LogP contribution in [0.2, 0.25) is 0 Å². The van der Waals surface area contributed by atoms with Crippen LogP contribution in [0.5, 0.6) is 0 Å². The second-order valence-electron chi connectivity index (χ2n) is 5.50. The average Bonchev–Trinajstić information content (AvgIpc) is 3.41. The lowest BCUT2D eigenvalue weighted by Crippen LogP contribution is -2.14. The van der Waals surface area contributed by atoms with Gasteiger partial charge in [0.2, 0.25) is 5.91 Å². The molecule has 0 unspecified atom stereocenters. The van der Waals surface area contributed by atoms with Crippen molar-refractivity contribution in [3.63, 3.8) is 0 Å². The summed E-state index contributed by atoms with van der Waals surface area (Å²) in [6.45, 7) is 0. The molecule has 2 N–H and O–H groups in total. The molecule has 0 atom stereocenters. The van der Waals surface area contributed by atoms with Gasteiger partial charge in [-0.25, -0.2) is 0 Å². The van der Waals surface area contributed by atoms with Crippen LogP contribution >= 0.6 is 11.8 Å². The topological polar surface area (TPSA) is 58.2 Å². The van der Waals surface area contributed by atoms with Crippen LogP contribution in [-0.2, 0) is 4.79 Å². The van der Waals surface area contributed by atoms with Crippen molar-refractivity contribution in [3.05, 3.63) is 54.1 Å². The Morgan fingerprint density at radius 2 is 1.70 bits per heavy atom. The van der Waals surface area contributed by atoms with Crippen LogP contribution < -0.4 is 10.6 Å². The Labute approximate surface area is 139 Å². The Kier molecular flexibility index (Phi) is 4.67. The van der Waals surface area contributed by atoms with Crippen molar-refractivity contribution >= 4 is 35.0 Å². The zero-order valence-corrected chi connectivity index (χ0v) is 13.7. The number of hydrogen-bond donors (Lipinski definition) is 2. The lowest BCUT2D eigenvalue weighted by atomic mass is 10.2. The molecule has 0 saturated heterocycles. The number of amides is 2. The van der Waals surface area contributed by atoms with Crippen molar-refractivity contribution in [2.24, 2.45) is 5.92 Å². The first-order valence-electron chi connectivity index (χ1n) is 7.52. The highest BCUT2D eigenvalue weighted by Gasteiger charge is 2.29. The first kappa shape index (κ1) is 15.6. The molecule has 1 aliphatic carbocycles. The molecule has 0 heterocycles. The van der Waals surface area contributed by atoms with E-state index in [2.05, 4.69) is 10.6 Å². The average molecular weight is 326 g/mol. The summed E-state index contributed by atoms with van der Waals surface area (Å²) in [5.41, 5.74) is 2.09. The summed E-state index contributed by atoms with van der Waals surface area (Å²) in [7, 11) is 0. The van der Waals surface area contributed by atoms with Crippen molar-refractivity contribution in [2.75, 3.05) is 16.9 Å². The van der Waals surface area contributed by atoms with Gasteiger partial charge in [0.15, 0.2) is 0 Å². The Morgan fingerprint density at radius 3 is 2.35 bits per heavy atom. The minimum absolute atomic E-state index is 0.0658. The molecule has 0 bridgehead atoms. The zero-order valence-electron chi connectivity index (χ0n) is 12.8. The molecule has 1 fully saturated rings. The molecule has 0 spiro atoms. The van der Waals surface area contributed by atoms with E-state index in [1.165, 1.54) is 0 Å². The molecule has 2 aromatic carbocycles. The Balaban J connectivity index is 1.66. The molecule has 1 saturated carbocycles. The number of carbonyl (C=O) groups excluding carboxylic acids is 2. The van der Waals surface area contributed by atoms with Gasteiger partial charge in [-0.3, -0.25) is 9.59 Å². The SMILES string of the molecule is CSc1ccccc1NC(=O)c1ccc(NC(=O)C2CC2)cc1. The first-order valence-corrected chi connectivity index (χ1v) is 8.75. The zero-order chi connectivity index (χ0) is 16.2. The van der Waals surface area contributed by atoms with Gasteiger partial charge in [0.1, 0.15) is 0 Å². The second kappa shape index (κ2) is 6.87. The van der Waals surface area contributed by atoms with E-state index in [9.17, 15) is 9.59 Å². The monoisotopic (exact) mass is 326 g/mol. The maximum atomic E-state index is 12.3. The number of nitrogens with one attached hydrogen (secondary N) is 2. The van der Waals surface area contributed by atoms with Gasteiger partial charge < -0.3 is 10.6 Å². The van der Waals surface area contributed by atoms with E-state index in [0.29, 0.717) is 5.56 Å². The van der Waals surface area contributed by atoms with Crippen molar-refractivity contribution in [2.45, 2.75) is 17.7 Å². The molecule has 3 rings (SSSR count). The van der Waals surface area contributed by atoms with E-state index < -0.39 is 0 Å². The summed E-state index contributed by atoms with van der Waals surface area (Å²) < 4.78 is 0. The summed E-state index contributed by atoms with van der Waals surface area (Å²) in [6, 6.07) is 14.7. The third kappa shape index (κ3) is 3.93. The van der Waals surface area contributed by atoms with Crippen LogP contribution in [0.3, 0.4) is 0 Å². The lowest BCUT2D eigenvalue weighted by molar-refractivity contribution is -0.117. The van der Waals surface area contributed by atoms with E-state index in [1.807, 2.05) is 30.5 Å². The van der Waals surface area contributed by atoms with Gasteiger partial charge in [0.25, 0.3) is 5.91 Å². The highest BCUT2D eigenvalue weighted by atomic mass is 32.2. The number of thioether (sulfide) groups is 1. The van der Waals surface area contributed by atoms with Crippen LogP contribution in [-0.4, -0.2) is 18.1 Å². The van der Waals surface area contributed by atoms with Gasteiger partial charge in [-0.1, -0.05) is 12.1 Å². The summed E-state index contributed by atoms with van der Waals surface area (Å²) in [5, 5.41) is 5.78. The normalized spacial score (nSPS) is 13.4. The summed E-state index contributed by atoms with van der Waals surface area (Å²) in [5.74, 6) is 0.0729. The molecule has 23 heavy (non-hydrogen) atoms. The molecule has 2 aromatic rings. The largest absolute Gasteiger partial charge is 0.326 e. The van der Waals surface area contributed by atoms with Crippen molar-refractivity contribution in [1.82, 2.24) is 0 Å². The van der Waals surface area contributed by atoms with Crippen LogP contribution in [0.25, 0.3) is 0 Å². The molecule has 2 amide bonds. The molecule has 118 valence electrons. The third-order valence-corrected chi connectivity index (χ3v) is 4.51. The van der Waals surface area contributed by atoms with Crippen LogP contribution in [0, 0.1) is 5.92 Å². The second-order valence-corrected chi connectivity index (χ2v) is 6.34. The van der Waals surface area contributed by atoms with Gasteiger partial charge >= 0.3 is 0 Å². The number of para-hydroxylation sites is 1. The molecular formula is C18H18N2O2S. The van der Waals surface area contributed by atoms with Crippen LogP contribution in [0.15, 0.2) is 53.4 Å². The van der Waals surface area contributed by atoms with Crippen molar-refractivity contribution in [1.29, 1.82) is 0 Å². The predicted molar refractivity (Wildman–Crippen MR) is 94.0 cm³/mol. The minimum atomic E-state index is -0.161. The molecular weight excluding hydrogens is 308 g/mol. The Hall–Kier alpha value is -2.27. The van der Waals surface area contributed by atoms with Gasteiger partial charge in [-0.15, -0.1) is 11.8 Å². The standard InChI is InChI=1S/C18H18N2O2S/c1-23-16-5-3-2-4-15(16)20-18(22)13-8-10-14(11-9-13)19-17(21)12-6-7-12/h2-5,8-12H,6-7H2,1H3,(H,19,21)(H,20,22). The fourth-order valence-electron chi connectivity index (χ4n) is 2.24. The number of carbonyl (C=O) groups is 2. The van der Waals surface area contributed by atoms with Gasteiger partial charge in [-0.05, 0) is 55.5 Å². The fraction of sp³-hybridized carbons (Fsp3) is 0.222. The summed E-state index contributed by atoms with van der Waals surface area (Å²) >= 11 is 1.59. The van der Waals surface area contributed by atoms with E-state index >= 15 is 0 Å². The van der Waals surface area contributed by atoms with Crippen molar-refractivity contribution in [3.8, 4) is 0 Å². The minimum Gasteiger partial charge on any atom is -0.326 e. The number of benzene rings is 2.